The first-order valence-electron chi connectivity index (χ1n) is 9.08. The van der Waals surface area contributed by atoms with Gasteiger partial charge in [0.1, 0.15) is 11.6 Å². The first kappa shape index (κ1) is 18.8. The van der Waals surface area contributed by atoms with Crippen molar-refractivity contribution >= 4 is 23.1 Å². The average Bonchev–Trinajstić information content (AvgIpc) is 3.27. The van der Waals surface area contributed by atoms with Crippen molar-refractivity contribution in [3.05, 3.63) is 113 Å². The second-order valence-electron chi connectivity index (χ2n) is 6.33. The molecule has 29 heavy (non-hydrogen) atoms. The second-order valence-corrected chi connectivity index (χ2v) is 7.18. The molecule has 0 N–H and O–H groups in total. The summed E-state index contributed by atoms with van der Waals surface area (Å²) >= 11 is 1.50. The Morgan fingerprint density at radius 1 is 0.793 bits per heavy atom. The fourth-order valence-electron chi connectivity index (χ4n) is 2.91. The maximum absolute atomic E-state index is 12.8. The number of rotatable bonds is 6. The van der Waals surface area contributed by atoms with Gasteiger partial charge in [0, 0.05) is 22.1 Å². The number of ketones is 1. The highest BCUT2D eigenvalue weighted by molar-refractivity contribution is 7.13. The van der Waals surface area contributed by atoms with Crippen molar-refractivity contribution in [2.75, 3.05) is 0 Å². The maximum atomic E-state index is 12.8. The normalized spacial score (nSPS) is 10.5. The van der Waals surface area contributed by atoms with Gasteiger partial charge in [0.2, 0.25) is 0 Å². The molecule has 0 aliphatic heterocycles. The molecular weight excluding hydrogens is 382 g/mol. The van der Waals surface area contributed by atoms with Gasteiger partial charge in [0.05, 0.1) is 11.3 Å². The summed E-state index contributed by atoms with van der Waals surface area (Å²) in [6.45, 7) is 0.0516. The van der Waals surface area contributed by atoms with Crippen LogP contribution in [-0.4, -0.2) is 16.7 Å². The highest BCUT2D eigenvalue weighted by Crippen LogP contribution is 2.24. The van der Waals surface area contributed by atoms with Gasteiger partial charge in [-0.1, -0.05) is 78.9 Å². The summed E-state index contributed by atoms with van der Waals surface area (Å²) < 4.78 is 5.44. The molecule has 4 nitrogen and oxygen atoms in total. The summed E-state index contributed by atoms with van der Waals surface area (Å²) in [6, 6.07) is 25.4. The Morgan fingerprint density at radius 3 is 2.14 bits per heavy atom. The third-order valence-electron chi connectivity index (χ3n) is 4.35. The van der Waals surface area contributed by atoms with E-state index in [9.17, 15) is 9.59 Å². The van der Waals surface area contributed by atoms with Gasteiger partial charge in [-0.05, 0) is 6.07 Å². The summed E-state index contributed by atoms with van der Waals surface area (Å²) in [4.78, 5) is 30.0. The minimum Gasteiger partial charge on any atom is -0.456 e. The van der Waals surface area contributed by atoms with E-state index in [0.29, 0.717) is 16.8 Å². The van der Waals surface area contributed by atoms with Crippen LogP contribution in [0.4, 0.5) is 0 Å². The Bertz CT molecular complexity index is 1140. The largest absolute Gasteiger partial charge is 0.456 e. The number of esters is 1. The zero-order valence-electron chi connectivity index (χ0n) is 15.4. The quantitative estimate of drug-likeness (QED) is 0.322. The molecule has 0 spiro atoms. The Balaban J connectivity index is 1.49. The first-order chi connectivity index (χ1) is 14.2. The van der Waals surface area contributed by atoms with Crippen LogP contribution in [0.3, 0.4) is 0 Å². The Labute approximate surface area is 172 Å². The highest BCUT2D eigenvalue weighted by Gasteiger charge is 2.19. The molecule has 3 aromatic carbocycles. The molecule has 0 saturated carbocycles. The van der Waals surface area contributed by atoms with Crippen LogP contribution in [-0.2, 0) is 11.3 Å². The van der Waals surface area contributed by atoms with Gasteiger partial charge in [-0.25, -0.2) is 9.78 Å². The molecule has 1 aromatic heterocycles. The molecule has 0 aliphatic rings. The SMILES string of the molecule is O=C(OCc1csc(-c2ccccc2)n1)c1ccccc1C(=O)c1ccccc1. The number of aromatic nitrogens is 1. The number of carbonyl (C=O) groups is 2. The molecular formula is C24H17NO3S. The lowest BCUT2D eigenvalue weighted by Crippen LogP contribution is -2.12. The van der Waals surface area contributed by atoms with Crippen LogP contribution in [0, 0.1) is 0 Å². The number of nitrogens with zero attached hydrogens (tertiary/aromatic N) is 1. The highest BCUT2D eigenvalue weighted by atomic mass is 32.1. The second kappa shape index (κ2) is 8.63. The van der Waals surface area contributed by atoms with Crippen LogP contribution >= 0.6 is 11.3 Å². The minimum atomic E-state index is -0.542. The fourth-order valence-corrected chi connectivity index (χ4v) is 3.72. The summed E-state index contributed by atoms with van der Waals surface area (Å²) in [5.41, 5.74) is 2.80. The minimum absolute atomic E-state index is 0.0516. The van der Waals surface area contributed by atoms with Crippen LogP contribution in [0.2, 0.25) is 0 Å². The van der Waals surface area contributed by atoms with Crippen molar-refractivity contribution in [1.29, 1.82) is 0 Å². The van der Waals surface area contributed by atoms with Crippen molar-refractivity contribution in [2.45, 2.75) is 6.61 Å². The monoisotopic (exact) mass is 399 g/mol. The third-order valence-corrected chi connectivity index (χ3v) is 5.29. The van der Waals surface area contributed by atoms with Crippen LogP contribution in [0.1, 0.15) is 32.0 Å². The van der Waals surface area contributed by atoms with Gasteiger partial charge in [0.15, 0.2) is 5.78 Å². The van der Waals surface area contributed by atoms with Crippen molar-refractivity contribution in [1.82, 2.24) is 4.98 Å². The lowest BCUT2D eigenvalue weighted by Gasteiger charge is -2.08. The zero-order valence-corrected chi connectivity index (χ0v) is 16.3. The zero-order chi connectivity index (χ0) is 20.1. The van der Waals surface area contributed by atoms with Crippen LogP contribution in [0.5, 0.6) is 0 Å². The predicted octanol–water partition coefficient (Wildman–Crippen LogP) is 5.40. The van der Waals surface area contributed by atoms with Gasteiger partial charge >= 0.3 is 5.97 Å². The molecule has 1 heterocycles. The Morgan fingerprint density at radius 2 is 1.41 bits per heavy atom. The van der Waals surface area contributed by atoms with Crippen LogP contribution < -0.4 is 0 Å². The molecule has 0 bridgehead atoms. The molecule has 4 aromatic rings. The molecule has 4 rings (SSSR count). The van der Waals surface area contributed by atoms with Crippen molar-refractivity contribution in [3.8, 4) is 10.6 Å². The number of ether oxygens (including phenoxy) is 1. The Kier molecular flexibility index (Phi) is 5.59. The van der Waals surface area contributed by atoms with Gasteiger partial charge in [-0.15, -0.1) is 11.3 Å². The molecule has 5 heteroatoms. The van der Waals surface area contributed by atoms with Crippen molar-refractivity contribution in [2.24, 2.45) is 0 Å². The van der Waals surface area contributed by atoms with Gasteiger partial charge in [-0.2, -0.15) is 0 Å². The molecule has 142 valence electrons. The molecule has 0 aliphatic carbocycles. The molecule has 0 saturated heterocycles. The average molecular weight is 399 g/mol. The van der Waals surface area contributed by atoms with E-state index in [4.69, 9.17) is 4.74 Å². The van der Waals surface area contributed by atoms with Crippen molar-refractivity contribution in [3.63, 3.8) is 0 Å². The van der Waals surface area contributed by atoms with E-state index in [1.54, 1.807) is 48.5 Å². The van der Waals surface area contributed by atoms with Crippen molar-refractivity contribution < 1.29 is 14.3 Å². The summed E-state index contributed by atoms with van der Waals surface area (Å²) in [5.74, 6) is -0.752. The third kappa shape index (κ3) is 4.31. The lowest BCUT2D eigenvalue weighted by atomic mass is 9.98. The number of hydrogen-bond acceptors (Lipinski definition) is 5. The molecule has 0 unspecified atom stereocenters. The van der Waals surface area contributed by atoms with E-state index in [1.165, 1.54) is 11.3 Å². The van der Waals surface area contributed by atoms with Gasteiger partial charge in [-0.3, -0.25) is 4.79 Å². The van der Waals surface area contributed by atoms with E-state index < -0.39 is 5.97 Å². The summed E-state index contributed by atoms with van der Waals surface area (Å²) in [7, 11) is 0. The predicted molar refractivity (Wildman–Crippen MR) is 113 cm³/mol. The van der Waals surface area contributed by atoms with E-state index in [2.05, 4.69) is 4.98 Å². The maximum Gasteiger partial charge on any atom is 0.339 e. The van der Waals surface area contributed by atoms with Gasteiger partial charge in [0.25, 0.3) is 0 Å². The number of benzene rings is 3. The molecule has 0 amide bonds. The molecule has 0 fully saturated rings. The topological polar surface area (TPSA) is 56.3 Å². The Hall–Kier alpha value is -3.57. The van der Waals surface area contributed by atoms with Crippen LogP contribution in [0.15, 0.2) is 90.3 Å². The standard InChI is InChI=1S/C24H17NO3S/c26-22(17-9-3-1-4-10-17)20-13-7-8-14-21(20)24(27)28-15-19-16-29-23(25-19)18-11-5-2-6-12-18/h1-14,16H,15H2. The summed E-state index contributed by atoms with van der Waals surface area (Å²) in [5, 5.41) is 2.74. The molecule has 0 atom stereocenters. The lowest BCUT2D eigenvalue weighted by molar-refractivity contribution is 0.0466. The number of thiazole rings is 1. The van der Waals surface area contributed by atoms with E-state index >= 15 is 0 Å². The fraction of sp³-hybridized carbons (Fsp3) is 0.0417. The molecule has 0 radical (unpaired) electrons. The summed E-state index contributed by atoms with van der Waals surface area (Å²) in [6.07, 6.45) is 0. The van der Waals surface area contributed by atoms with E-state index in [-0.39, 0.29) is 18.0 Å². The number of carbonyl (C=O) groups excluding carboxylic acids is 2. The smallest absolute Gasteiger partial charge is 0.339 e. The number of hydrogen-bond donors (Lipinski definition) is 0. The van der Waals surface area contributed by atoms with Crippen LogP contribution in [0.25, 0.3) is 10.6 Å². The van der Waals surface area contributed by atoms with E-state index in [1.807, 2.05) is 41.8 Å². The van der Waals surface area contributed by atoms with E-state index in [0.717, 1.165) is 10.6 Å². The van der Waals surface area contributed by atoms with Gasteiger partial charge < -0.3 is 4.74 Å². The first-order valence-corrected chi connectivity index (χ1v) is 9.96.